The van der Waals surface area contributed by atoms with E-state index in [9.17, 15) is 14.7 Å². The number of amides is 2. The lowest BCUT2D eigenvalue weighted by Crippen LogP contribution is -2.34. The predicted molar refractivity (Wildman–Crippen MR) is 96.4 cm³/mol. The molecule has 0 aliphatic rings. The van der Waals surface area contributed by atoms with Gasteiger partial charge in [0.05, 0.1) is 5.75 Å². The summed E-state index contributed by atoms with van der Waals surface area (Å²) >= 11 is 1.45. The Morgan fingerprint density at radius 2 is 1.79 bits per heavy atom. The van der Waals surface area contributed by atoms with Crippen molar-refractivity contribution >= 4 is 23.8 Å². The van der Waals surface area contributed by atoms with Gasteiger partial charge in [-0.25, -0.2) is 4.79 Å². The molecule has 0 aliphatic carbocycles. The van der Waals surface area contributed by atoms with Crippen molar-refractivity contribution in [3.8, 4) is 5.75 Å². The van der Waals surface area contributed by atoms with E-state index in [0.717, 1.165) is 12.0 Å². The first kappa shape index (κ1) is 20.2. The van der Waals surface area contributed by atoms with Crippen LogP contribution < -0.4 is 10.6 Å². The first-order valence-electron chi connectivity index (χ1n) is 7.85. The van der Waals surface area contributed by atoms with Crippen LogP contribution in [0.5, 0.6) is 5.75 Å². The Morgan fingerprint density at radius 3 is 2.42 bits per heavy atom. The van der Waals surface area contributed by atoms with E-state index in [1.165, 1.54) is 11.8 Å². The number of alkyl carbamates (subject to hydrolysis) is 1. The molecule has 1 aromatic rings. The fourth-order valence-corrected chi connectivity index (χ4v) is 2.44. The molecule has 0 saturated heterocycles. The molecule has 1 aromatic carbocycles. The van der Waals surface area contributed by atoms with Gasteiger partial charge in [-0.2, -0.15) is 11.8 Å². The normalized spacial score (nSPS) is 11.0. The Morgan fingerprint density at radius 1 is 1.12 bits per heavy atom. The van der Waals surface area contributed by atoms with Crippen LogP contribution in [0, 0.1) is 0 Å². The van der Waals surface area contributed by atoms with Crippen molar-refractivity contribution in [2.24, 2.45) is 0 Å². The number of phenols is 1. The molecule has 0 aliphatic heterocycles. The Bertz CT molecular complexity index is 526. The van der Waals surface area contributed by atoms with E-state index in [4.69, 9.17) is 4.74 Å². The van der Waals surface area contributed by atoms with E-state index >= 15 is 0 Å². The molecule has 3 N–H and O–H groups in total. The molecule has 0 heterocycles. The Labute approximate surface area is 147 Å². The summed E-state index contributed by atoms with van der Waals surface area (Å²) in [4.78, 5) is 23.1. The van der Waals surface area contributed by atoms with E-state index in [-0.39, 0.29) is 11.7 Å². The SMILES string of the molecule is CC(C)(C)OC(=O)NCCSCC(=O)NCCc1ccc(O)cc1. The number of carbonyl (C=O) groups excluding carboxylic acids is 2. The van der Waals surface area contributed by atoms with Crippen LogP contribution in [0.15, 0.2) is 24.3 Å². The lowest BCUT2D eigenvalue weighted by molar-refractivity contribution is -0.118. The Hall–Kier alpha value is -1.89. The van der Waals surface area contributed by atoms with E-state index in [1.54, 1.807) is 12.1 Å². The second-order valence-corrected chi connectivity index (χ2v) is 7.35. The number of nitrogens with one attached hydrogen (secondary N) is 2. The number of rotatable bonds is 8. The fraction of sp³-hybridized carbons (Fsp3) is 0.529. The van der Waals surface area contributed by atoms with Gasteiger partial charge in [-0.3, -0.25) is 4.79 Å². The van der Waals surface area contributed by atoms with Crippen molar-refractivity contribution < 1.29 is 19.4 Å². The average Bonchev–Trinajstić information content (AvgIpc) is 2.47. The highest BCUT2D eigenvalue weighted by Crippen LogP contribution is 2.09. The van der Waals surface area contributed by atoms with E-state index in [1.807, 2.05) is 32.9 Å². The van der Waals surface area contributed by atoms with Crippen LogP contribution >= 0.6 is 11.8 Å². The van der Waals surface area contributed by atoms with Gasteiger partial charge in [-0.05, 0) is 44.9 Å². The van der Waals surface area contributed by atoms with Gasteiger partial charge < -0.3 is 20.5 Å². The molecule has 0 atom stereocenters. The molecular formula is C17H26N2O4S. The first-order valence-corrected chi connectivity index (χ1v) is 9.01. The van der Waals surface area contributed by atoms with E-state index in [2.05, 4.69) is 10.6 Å². The molecule has 0 spiro atoms. The predicted octanol–water partition coefficient (Wildman–Crippen LogP) is 2.31. The molecule has 1 rings (SSSR count). The average molecular weight is 354 g/mol. The minimum absolute atomic E-state index is 0.0314. The number of phenolic OH excluding ortho intramolecular Hbond substituents is 1. The summed E-state index contributed by atoms with van der Waals surface area (Å²) in [6.07, 6.45) is 0.276. The van der Waals surface area contributed by atoms with Crippen molar-refractivity contribution in [1.82, 2.24) is 10.6 Å². The molecule has 6 nitrogen and oxygen atoms in total. The van der Waals surface area contributed by atoms with Gasteiger partial charge in [-0.1, -0.05) is 12.1 Å². The molecule has 0 fully saturated rings. The van der Waals surface area contributed by atoms with Crippen LogP contribution in [-0.4, -0.2) is 47.3 Å². The summed E-state index contributed by atoms with van der Waals surface area (Å²) in [6, 6.07) is 6.92. The summed E-state index contributed by atoms with van der Waals surface area (Å²) < 4.78 is 5.11. The zero-order valence-corrected chi connectivity index (χ0v) is 15.2. The molecule has 0 unspecified atom stereocenters. The number of ether oxygens (including phenoxy) is 1. The van der Waals surface area contributed by atoms with Crippen molar-refractivity contribution in [3.05, 3.63) is 29.8 Å². The third-order valence-electron chi connectivity index (χ3n) is 2.82. The molecule has 24 heavy (non-hydrogen) atoms. The van der Waals surface area contributed by atoms with Crippen LogP contribution in [0.3, 0.4) is 0 Å². The van der Waals surface area contributed by atoms with Crippen molar-refractivity contribution in [1.29, 1.82) is 0 Å². The number of hydrogen-bond acceptors (Lipinski definition) is 5. The molecular weight excluding hydrogens is 328 g/mol. The number of hydrogen-bond donors (Lipinski definition) is 3. The number of benzene rings is 1. The van der Waals surface area contributed by atoms with Gasteiger partial charge in [-0.15, -0.1) is 0 Å². The van der Waals surface area contributed by atoms with Crippen LogP contribution in [0.4, 0.5) is 4.79 Å². The second kappa shape index (κ2) is 10.1. The van der Waals surface area contributed by atoms with Gasteiger partial charge in [0.2, 0.25) is 5.91 Å². The van der Waals surface area contributed by atoms with E-state index in [0.29, 0.717) is 24.6 Å². The highest BCUT2D eigenvalue weighted by molar-refractivity contribution is 7.99. The minimum Gasteiger partial charge on any atom is -0.508 e. The van der Waals surface area contributed by atoms with Gasteiger partial charge in [0.25, 0.3) is 0 Å². The monoisotopic (exact) mass is 354 g/mol. The van der Waals surface area contributed by atoms with Gasteiger partial charge in [0.15, 0.2) is 0 Å². The molecule has 134 valence electrons. The van der Waals surface area contributed by atoms with E-state index < -0.39 is 11.7 Å². The molecule has 0 aromatic heterocycles. The van der Waals surface area contributed by atoms with Gasteiger partial charge in [0.1, 0.15) is 11.4 Å². The summed E-state index contributed by atoms with van der Waals surface area (Å²) in [5.41, 5.74) is 0.552. The maximum atomic E-state index is 11.7. The summed E-state index contributed by atoms with van der Waals surface area (Å²) in [5, 5.41) is 14.7. The standard InChI is InChI=1S/C17H26N2O4S/c1-17(2,3)23-16(22)19-10-11-24-12-15(21)18-9-8-13-4-6-14(20)7-5-13/h4-7,20H,8-12H2,1-3H3,(H,18,21)(H,19,22). The van der Waals surface area contributed by atoms with Crippen LogP contribution in [0.2, 0.25) is 0 Å². The summed E-state index contributed by atoms with van der Waals surface area (Å²) in [7, 11) is 0. The van der Waals surface area contributed by atoms with Crippen molar-refractivity contribution in [2.45, 2.75) is 32.8 Å². The maximum absolute atomic E-state index is 11.7. The fourth-order valence-electron chi connectivity index (χ4n) is 1.76. The first-order chi connectivity index (χ1) is 11.3. The second-order valence-electron chi connectivity index (χ2n) is 6.25. The van der Waals surface area contributed by atoms with Gasteiger partial charge >= 0.3 is 6.09 Å². The zero-order chi connectivity index (χ0) is 18.0. The quantitative estimate of drug-likeness (QED) is 0.624. The minimum atomic E-state index is -0.505. The van der Waals surface area contributed by atoms with Crippen molar-refractivity contribution in [2.75, 3.05) is 24.6 Å². The maximum Gasteiger partial charge on any atom is 0.407 e. The zero-order valence-electron chi connectivity index (χ0n) is 14.4. The summed E-state index contributed by atoms with van der Waals surface area (Å²) in [6.45, 7) is 6.44. The largest absolute Gasteiger partial charge is 0.508 e. The lowest BCUT2D eigenvalue weighted by atomic mass is 10.1. The lowest BCUT2D eigenvalue weighted by Gasteiger charge is -2.19. The molecule has 0 radical (unpaired) electrons. The van der Waals surface area contributed by atoms with Crippen LogP contribution in [-0.2, 0) is 16.0 Å². The summed E-state index contributed by atoms with van der Waals surface area (Å²) in [5.74, 6) is 1.20. The molecule has 0 bridgehead atoms. The third kappa shape index (κ3) is 9.99. The molecule has 2 amide bonds. The smallest absolute Gasteiger partial charge is 0.407 e. The highest BCUT2D eigenvalue weighted by atomic mass is 32.2. The van der Waals surface area contributed by atoms with Crippen molar-refractivity contribution in [3.63, 3.8) is 0 Å². The van der Waals surface area contributed by atoms with Gasteiger partial charge in [0, 0.05) is 18.8 Å². The number of carbonyl (C=O) groups is 2. The Balaban J connectivity index is 2.04. The molecule has 0 saturated carbocycles. The highest BCUT2D eigenvalue weighted by Gasteiger charge is 2.15. The number of thioether (sulfide) groups is 1. The topological polar surface area (TPSA) is 87.7 Å². The third-order valence-corrected chi connectivity index (χ3v) is 3.78. The van der Waals surface area contributed by atoms with Crippen LogP contribution in [0.1, 0.15) is 26.3 Å². The molecule has 7 heteroatoms. The number of aromatic hydroxyl groups is 1. The van der Waals surface area contributed by atoms with Crippen LogP contribution in [0.25, 0.3) is 0 Å². The Kier molecular flexibility index (Phi) is 8.46.